The zero-order valence-corrected chi connectivity index (χ0v) is 11.7. The van der Waals surface area contributed by atoms with Gasteiger partial charge in [0.05, 0.1) is 18.7 Å². The van der Waals surface area contributed by atoms with Crippen molar-refractivity contribution in [1.82, 2.24) is 5.32 Å². The Labute approximate surface area is 118 Å². The molecule has 1 rings (SSSR count). The van der Waals surface area contributed by atoms with Crippen LogP contribution in [-0.4, -0.2) is 31.6 Å². The van der Waals surface area contributed by atoms with Crippen molar-refractivity contribution >= 4 is 11.9 Å². The van der Waals surface area contributed by atoms with Gasteiger partial charge in [0.2, 0.25) is 0 Å². The Bertz CT molecular complexity index is 556. The minimum absolute atomic E-state index is 0.162. The molecule has 5 nitrogen and oxygen atoms in total. The molecule has 0 atom stereocenters. The summed E-state index contributed by atoms with van der Waals surface area (Å²) in [7, 11) is 0. The molecule has 20 heavy (non-hydrogen) atoms. The number of nitrogens with two attached hydrogens (primary N) is 1. The molecule has 0 spiro atoms. The van der Waals surface area contributed by atoms with Crippen molar-refractivity contribution in [2.75, 3.05) is 19.7 Å². The van der Waals surface area contributed by atoms with E-state index in [2.05, 4.69) is 17.2 Å². The third kappa shape index (κ3) is 4.75. The Morgan fingerprint density at radius 2 is 2.15 bits per heavy atom. The second-order valence-corrected chi connectivity index (χ2v) is 4.04. The van der Waals surface area contributed by atoms with E-state index < -0.39 is 5.97 Å². The molecule has 0 saturated heterocycles. The second-order valence-electron chi connectivity index (χ2n) is 4.04. The molecule has 3 N–H and O–H groups in total. The Kier molecular flexibility index (Phi) is 6.27. The summed E-state index contributed by atoms with van der Waals surface area (Å²) >= 11 is 0. The molecule has 1 aromatic carbocycles. The number of nitrogens with one attached hydrogen (secondary N) is 1. The predicted octanol–water partition coefficient (Wildman–Crippen LogP) is 0.598. The van der Waals surface area contributed by atoms with Gasteiger partial charge in [0.25, 0.3) is 5.91 Å². The number of hydrogen-bond donors (Lipinski definition) is 2. The molecular formula is C15H18N2O3. The van der Waals surface area contributed by atoms with Gasteiger partial charge in [-0.2, -0.15) is 0 Å². The number of hydrogen-bond acceptors (Lipinski definition) is 4. The Balaban J connectivity index is 2.85. The molecular weight excluding hydrogens is 256 g/mol. The van der Waals surface area contributed by atoms with Gasteiger partial charge in [0.15, 0.2) is 0 Å². The average molecular weight is 274 g/mol. The summed E-state index contributed by atoms with van der Waals surface area (Å²) in [6.45, 7) is 3.93. The van der Waals surface area contributed by atoms with Gasteiger partial charge in [-0.1, -0.05) is 23.5 Å². The fraction of sp³-hybridized carbons (Fsp3) is 0.333. The fourth-order valence-corrected chi connectivity index (χ4v) is 1.56. The number of esters is 1. The fourth-order valence-electron chi connectivity index (χ4n) is 1.56. The lowest BCUT2D eigenvalue weighted by atomic mass is 10.0. The van der Waals surface area contributed by atoms with Crippen LogP contribution in [0.3, 0.4) is 0 Å². The summed E-state index contributed by atoms with van der Waals surface area (Å²) in [5, 5.41) is 2.52. The average Bonchev–Trinajstić information content (AvgIpc) is 2.43. The van der Waals surface area contributed by atoms with E-state index in [1.54, 1.807) is 19.1 Å². The first-order chi connectivity index (χ1) is 9.58. The van der Waals surface area contributed by atoms with Crippen LogP contribution >= 0.6 is 0 Å². The van der Waals surface area contributed by atoms with Crippen LogP contribution < -0.4 is 11.1 Å². The van der Waals surface area contributed by atoms with Crippen LogP contribution in [0.4, 0.5) is 0 Å². The van der Waals surface area contributed by atoms with Gasteiger partial charge in [0, 0.05) is 5.56 Å². The zero-order valence-electron chi connectivity index (χ0n) is 11.7. The summed E-state index contributed by atoms with van der Waals surface area (Å²) in [6, 6.07) is 5.35. The van der Waals surface area contributed by atoms with E-state index in [0.29, 0.717) is 11.1 Å². The van der Waals surface area contributed by atoms with Gasteiger partial charge < -0.3 is 15.8 Å². The lowest BCUT2D eigenvalue weighted by Gasteiger charge is -2.07. The second kappa shape index (κ2) is 7.97. The largest absolute Gasteiger partial charge is 0.465 e. The SMILES string of the molecule is CCOC(=O)CNC(=O)c1cc(C)ccc1C#CCN. The van der Waals surface area contributed by atoms with E-state index in [9.17, 15) is 9.59 Å². The summed E-state index contributed by atoms with van der Waals surface area (Å²) in [6.07, 6.45) is 0. The van der Waals surface area contributed by atoms with E-state index in [4.69, 9.17) is 10.5 Å². The van der Waals surface area contributed by atoms with Crippen molar-refractivity contribution in [3.8, 4) is 11.8 Å². The molecule has 5 heteroatoms. The molecule has 0 unspecified atom stereocenters. The van der Waals surface area contributed by atoms with Crippen LogP contribution in [0.5, 0.6) is 0 Å². The van der Waals surface area contributed by atoms with Crippen LogP contribution in [-0.2, 0) is 9.53 Å². The van der Waals surface area contributed by atoms with Crippen molar-refractivity contribution in [3.63, 3.8) is 0 Å². The van der Waals surface area contributed by atoms with Gasteiger partial charge in [-0.05, 0) is 26.0 Å². The maximum absolute atomic E-state index is 12.1. The van der Waals surface area contributed by atoms with Crippen molar-refractivity contribution in [3.05, 3.63) is 34.9 Å². The Hall–Kier alpha value is -2.32. The molecule has 0 aliphatic carbocycles. The van der Waals surface area contributed by atoms with Crippen LogP contribution in [0.2, 0.25) is 0 Å². The standard InChI is InChI=1S/C15H18N2O3/c1-3-20-14(18)10-17-15(19)13-9-11(2)6-7-12(13)5-4-8-16/h6-7,9H,3,8,10,16H2,1-2H3,(H,17,19). The summed E-state index contributed by atoms with van der Waals surface area (Å²) in [4.78, 5) is 23.3. The number of aryl methyl sites for hydroxylation is 1. The quantitative estimate of drug-likeness (QED) is 0.622. The molecule has 0 aliphatic rings. The summed E-state index contributed by atoms with van der Waals surface area (Å²) in [5.74, 6) is 4.72. The molecule has 1 amide bonds. The highest BCUT2D eigenvalue weighted by Crippen LogP contribution is 2.10. The normalized spacial score (nSPS) is 9.35. The number of benzene rings is 1. The third-order valence-corrected chi connectivity index (χ3v) is 2.44. The molecule has 0 radical (unpaired) electrons. The molecule has 0 aromatic heterocycles. The number of carbonyl (C=O) groups excluding carboxylic acids is 2. The molecule has 1 aromatic rings. The smallest absolute Gasteiger partial charge is 0.325 e. The highest BCUT2D eigenvalue weighted by atomic mass is 16.5. The highest BCUT2D eigenvalue weighted by Gasteiger charge is 2.12. The predicted molar refractivity (Wildman–Crippen MR) is 76.1 cm³/mol. The summed E-state index contributed by atoms with van der Waals surface area (Å²) in [5.41, 5.74) is 7.28. The molecule has 0 heterocycles. The minimum Gasteiger partial charge on any atom is -0.465 e. The third-order valence-electron chi connectivity index (χ3n) is 2.44. The van der Waals surface area contributed by atoms with E-state index in [1.807, 2.05) is 13.0 Å². The number of rotatable bonds is 4. The van der Waals surface area contributed by atoms with Gasteiger partial charge in [-0.25, -0.2) is 0 Å². The maximum atomic E-state index is 12.1. The van der Waals surface area contributed by atoms with Crippen LogP contribution in [0.15, 0.2) is 18.2 Å². The van der Waals surface area contributed by atoms with Crippen LogP contribution in [0, 0.1) is 18.8 Å². The van der Waals surface area contributed by atoms with E-state index in [1.165, 1.54) is 0 Å². The lowest BCUT2D eigenvalue weighted by Crippen LogP contribution is -2.31. The van der Waals surface area contributed by atoms with Gasteiger partial charge in [0.1, 0.15) is 6.54 Å². The van der Waals surface area contributed by atoms with Gasteiger partial charge >= 0.3 is 5.97 Å². The minimum atomic E-state index is -0.469. The Morgan fingerprint density at radius 3 is 2.80 bits per heavy atom. The first kappa shape index (κ1) is 15.7. The monoisotopic (exact) mass is 274 g/mol. The van der Waals surface area contributed by atoms with Crippen LogP contribution in [0.1, 0.15) is 28.4 Å². The first-order valence-corrected chi connectivity index (χ1v) is 6.32. The number of amides is 1. The summed E-state index contributed by atoms with van der Waals surface area (Å²) < 4.78 is 4.75. The first-order valence-electron chi connectivity index (χ1n) is 6.32. The highest BCUT2D eigenvalue weighted by molar-refractivity contribution is 5.98. The number of ether oxygens (including phenoxy) is 1. The molecule has 0 aliphatic heterocycles. The van der Waals surface area contributed by atoms with Crippen molar-refractivity contribution in [2.45, 2.75) is 13.8 Å². The Morgan fingerprint density at radius 1 is 1.40 bits per heavy atom. The van der Waals surface area contributed by atoms with E-state index >= 15 is 0 Å². The molecule has 0 saturated carbocycles. The topological polar surface area (TPSA) is 81.4 Å². The number of carbonyl (C=O) groups is 2. The van der Waals surface area contributed by atoms with E-state index in [0.717, 1.165) is 5.56 Å². The maximum Gasteiger partial charge on any atom is 0.325 e. The molecule has 0 bridgehead atoms. The zero-order chi connectivity index (χ0) is 15.0. The lowest BCUT2D eigenvalue weighted by molar-refractivity contribution is -0.141. The van der Waals surface area contributed by atoms with Crippen molar-refractivity contribution in [2.24, 2.45) is 5.73 Å². The van der Waals surface area contributed by atoms with Gasteiger partial charge in [-0.3, -0.25) is 9.59 Å². The van der Waals surface area contributed by atoms with Crippen molar-refractivity contribution < 1.29 is 14.3 Å². The van der Waals surface area contributed by atoms with E-state index in [-0.39, 0.29) is 25.6 Å². The van der Waals surface area contributed by atoms with Crippen molar-refractivity contribution in [1.29, 1.82) is 0 Å². The molecule has 0 fully saturated rings. The van der Waals surface area contributed by atoms with Gasteiger partial charge in [-0.15, -0.1) is 0 Å². The molecule has 106 valence electrons. The van der Waals surface area contributed by atoms with Crippen LogP contribution in [0.25, 0.3) is 0 Å².